The van der Waals surface area contributed by atoms with Crippen molar-refractivity contribution in [3.63, 3.8) is 0 Å². The molecule has 3 atom stereocenters. The highest BCUT2D eigenvalue weighted by molar-refractivity contribution is 7.09. The van der Waals surface area contributed by atoms with E-state index in [0.717, 1.165) is 30.5 Å². The molecular weight excluding hydrogens is 216 g/mol. The summed E-state index contributed by atoms with van der Waals surface area (Å²) in [6.07, 6.45) is 6.77. The minimum absolute atomic E-state index is 0.396. The van der Waals surface area contributed by atoms with Gasteiger partial charge in [0.1, 0.15) is 0 Å². The van der Waals surface area contributed by atoms with Gasteiger partial charge in [0, 0.05) is 17.5 Å². The zero-order valence-corrected chi connectivity index (χ0v) is 10.7. The molecule has 1 aromatic heterocycles. The van der Waals surface area contributed by atoms with Gasteiger partial charge in [-0.25, -0.2) is 4.98 Å². The summed E-state index contributed by atoms with van der Waals surface area (Å²) in [4.78, 5) is 4.61. The van der Waals surface area contributed by atoms with Crippen LogP contribution in [0.5, 0.6) is 0 Å². The van der Waals surface area contributed by atoms with Gasteiger partial charge in [-0.3, -0.25) is 0 Å². The Labute approximate surface area is 101 Å². The molecule has 2 fully saturated rings. The maximum atomic E-state index is 6.09. The molecule has 2 aliphatic carbocycles. The van der Waals surface area contributed by atoms with Crippen molar-refractivity contribution in [3.05, 3.63) is 16.1 Å². The molecule has 3 rings (SSSR count). The first kappa shape index (κ1) is 10.7. The van der Waals surface area contributed by atoms with Gasteiger partial charge in [-0.15, -0.1) is 11.3 Å². The lowest BCUT2D eigenvalue weighted by Gasteiger charge is -2.36. The van der Waals surface area contributed by atoms with Gasteiger partial charge < -0.3 is 5.73 Å². The van der Waals surface area contributed by atoms with Crippen LogP contribution >= 0.6 is 11.3 Å². The Kier molecular flexibility index (Phi) is 2.55. The molecule has 2 saturated carbocycles. The van der Waals surface area contributed by atoms with E-state index in [1.807, 2.05) is 11.3 Å². The lowest BCUT2D eigenvalue weighted by Crippen LogP contribution is -2.37. The second-order valence-corrected chi connectivity index (χ2v) is 6.65. The fraction of sp³-hybridized carbons (Fsp3) is 0.769. The summed E-state index contributed by atoms with van der Waals surface area (Å²) in [5, 5.41) is 3.46. The van der Waals surface area contributed by atoms with Gasteiger partial charge in [-0.1, -0.05) is 6.42 Å². The molecule has 0 amide bonds. The van der Waals surface area contributed by atoms with Crippen molar-refractivity contribution < 1.29 is 0 Å². The first-order chi connectivity index (χ1) is 7.72. The number of thiazole rings is 1. The van der Waals surface area contributed by atoms with E-state index in [4.69, 9.17) is 5.73 Å². The number of hydrogen-bond acceptors (Lipinski definition) is 3. The maximum Gasteiger partial charge on any atom is 0.0934 e. The zero-order valence-electron chi connectivity index (χ0n) is 9.91. The largest absolute Gasteiger partial charge is 0.330 e. The highest BCUT2D eigenvalue weighted by Gasteiger charge is 2.50. The summed E-state index contributed by atoms with van der Waals surface area (Å²) < 4.78 is 0. The third kappa shape index (κ3) is 1.61. The second kappa shape index (κ2) is 3.81. The smallest absolute Gasteiger partial charge is 0.0934 e. The van der Waals surface area contributed by atoms with Crippen LogP contribution in [0, 0.1) is 24.2 Å². The Balaban J connectivity index is 1.81. The molecular formula is C13H20N2S. The van der Waals surface area contributed by atoms with Crippen molar-refractivity contribution in [1.29, 1.82) is 0 Å². The highest BCUT2D eigenvalue weighted by atomic mass is 32.1. The van der Waals surface area contributed by atoms with Gasteiger partial charge >= 0.3 is 0 Å². The summed E-state index contributed by atoms with van der Waals surface area (Å²) in [7, 11) is 0. The van der Waals surface area contributed by atoms with Crippen molar-refractivity contribution in [3.8, 4) is 0 Å². The zero-order chi connectivity index (χ0) is 11.2. The number of nitrogens with two attached hydrogens (primary N) is 1. The molecule has 0 spiro atoms. The van der Waals surface area contributed by atoms with Crippen LogP contribution < -0.4 is 5.73 Å². The van der Waals surface area contributed by atoms with Gasteiger partial charge in [0.05, 0.1) is 5.01 Å². The van der Waals surface area contributed by atoms with Gasteiger partial charge in [0.15, 0.2) is 0 Å². The molecule has 3 unspecified atom stereocenters. The van der Waals surface area contributed by atoms with Gasteiger partial charge in [-0.2, -0.15) is 0 Å². The lowest BCUT2D eigenvalue weighted by atomic mass is 9.71. The third-order valence-corrected chi connectivity index (χ3v) is 5.65. The van der Waals surface area contributed by atoms with Crippen LogP contribution in [-0.2, 0) is 6.42 Å². The van der Waals surface area contributed by atoms with E-state index in [9.17, 15) is 0 Å². The van der Waals surface area contributed by atoms with Gasteiger partial charge in [0.2, 0.25) is 0 Å². The Bertz CT molecular complexity index is 387. The van der Waals surface area contributed by atoms with Crippen LogP contribution in [0.25, 0.3) is 0 Å². The number of hydrogen-bond donors (Lipinski definition) is 1. The van der Waals surface area contributed by atoms with Crippen LogP contribution in [0.1, 0.15) is 36.4 Å². The molecule has 2 bridgehead atoms. The first-order valence-electron chi connectivity index (χ1n) is 6.33. The summed E-state index contributed by atoms with van der Waals surface area (Å²) in [6, 6.07) is 0. The summed E-state index contributed by atoms with van der Waals surface area (Å²) in [5.74, 6) is 1.85. The predicted octanol–water partition coefficient (Wildman–Crippen LogP) is 2.76. The SMILES string of the molecule is Cc1csc(CC2(CN)CC3CCC2C3)n1. The quantitative estimate of drug-likeness (QED) is 0.876. The monoisotopic (exact) mass is 236 g/mol. The molecule has 3 heteroatoms. The van der Waals surface area contributed by atoms with Gasteiger partial charge in [-0.05, 0) is 50.0 Å². The van der Waals surface area contributed by atoms with Crippen molar-refractivity contribution in [1.82, 2.24) is 4.98 Å². The van der Waals surface area contributed by atoms with Crippen LogP contribution in [0.15, 0.2) is 5.38 Å². The van der Waals surface area contributed by atoms with Crippen molar-refractivity contribution >= 4 is 11.3 Å². The van der Waals surface area contributed by atoms with E-state index in [2.05, 4.69) is 17.3 Å². The van der Waals surface area contributed by atoms with Crippen LogP contribution in [0.2, 0.25) is 0 Å². The normalized spacial score (nSPS) is 37.1. The topological polar surface area (TPSA) is 38.9 Å². The Morgan fingerprint density at radius 1 is 1.56 bits per heavy atom. The Hall–Kier alpha value is -0.410. The highest BCUT2D eigenvalue weighted by Crippen LogP contribution is 2.56. The number of nitrogens with zero attached hydrogens (tertiary/aromatic N) is 1. The van der Waals surface area contributed by atoms with E-state index >= 15 is 0 Å². The average Bonchev–Trinajstić information content (AvgIpc) is 2.94. The molecule has 0 aromatic carbocycles. The Morgan fingerprint density at radius 3 is 2.94 bits per heavy atom. The number of aromatic nitrogens is 1. The average molecular weight is 236 g/mol. The molecule has 1 aromatic rings. The number of rotatable bonds is 3. The fourth-order valence-corrected chi connectivity index (χ4v) is 4.81. The number of fused-ring (bicyclic) bond motifs is 2. The summed E-state index contributed by atoms with van der Waals surface area (Å²) in [6.45, 7) is 2.93. The molecule has 0 aliphatic heterocycles. The molecule has 2 nitrogen and oxygen atoms in total. The standard InChI is InChI=1S/C13H20N2S/c1-9-7-16-12(15-9)6-13(8-14)5-10-2-3-11(13)4-10/h7,10-11H,2-6,8,14H2,1H3. The first-order valence-corrected chi connectivity index (χ1v) is 7.21. The van der Waals surface area contributed by atoms with Crippen LogP contribution in [-0.4, -0.2) is 11.5 Å². The molecule has 0 saturated heterocycles. The van der Waals surface area contributed by atoms with Crippen molar-refractivity contribution in [2.24, 2.45) is 23.0 Å². The van der Waals surface area contributed by atoms with E-state index in [-0.39, 0.29) is 0 Å². The van der Waals surface area contributed by atoms with E-state index < -0.39 is 0 Å². The van der Waals surface area contributed by atoms with Crippen molar-refractivity contribution in [2.75, 3.05) is 6.54 Å². The molecule has 2 N–H and O–H groups in total. The molecule has 16 heavy (non-hydrogen) atoms. The van der Waals surface area contributed by atoms with Gasteiger partial charge in [0.25, 0.3) is 0 Å². The minimum atomic E-state index is 0.396. The second-order valence-electron chi connectivity index (χ2n) is 5.71. The lowest BCUT2D eigenvalue weighted by molar-refractivity contribution is 0.171. The van der Waals surface area contributed by atoms with E-state index in [1.165, 1.54) is 30.7 Å². The molecule has 1 heterocycles. The summed E-state index contributed by atoms with van der Waals surface area (Å²) >= 11 is 1.81. The summed E-state index contributed by atoms with van der Waals surface area (Å²) in [5.41, 5.74) is 7.65. The number of aryl methyl sites for hydroxylation is 1. The fourth-order valence-electron chi connectivity index (χ4n) is 3.88. The van der Waals surface area contributed by atoms with E-state index in [0.29, 0.717) is 5.41 Å². The molecule has 88 valence electrons. The Morgan fingerprint density at radius 2 is 2.44 bits per heavy atom. The van der Waals surface area contributed by atoms with Crippen LogP contribution in [0.3, 0.4) is 0 Å². The van der Waals surface area contributed by atoms with Crippen LogP contribution in [0.4, 0.5) is 0 Å². The molecule has 2 aliphatic rings. The minimum Gasteiger partial charge on any atom is -0.330 e. The predicted molar refractivity (Wildman–Crippen MR) is 67.5 cm³/mol. The third-order valence-electron chi connectivity index (χ3n) is 4.68. The molecule has 0 radical (unpaired) electrons. The van der Waals surface area contributed by atoms with Crippen molar-refractivity contribution in [2.45, 2.75) is 39.0 Å². The maximum absolute atomic E-state index is 6.09. The van der Waals surface area contributed by atoms with E-state index in [1.54, 1.807) is 0 Å².